The first-order chi connectivity index (χ1) is 8.69. The zero-order valence-electron chi connectivity index (χ0n) is 9.68. The molecule has 0 bridgehead atoms. The van der Waals surface area contributed by atoms with E-state index in [0.717, 1.165) is 16.5 Å². The maximum Gasteiger partial charge on any atom is 0.341 e. The molecule has 0 N–H and O–H groups in total. The van der Waals surface area contributed by atoms with E-state index in [4.69, 9.17) is 14.2 Å². The smallest absolute Gasteiger partial charge is 0.341 e. The van der Waals surface area contributed by atoms with Gasteiger partial charge in [-0.1, -0.05) is 15.9 Å². The van der Waals surface area contributed by atoms with Crippen LogP contribution >= 0.6 is 15.9 Å². The molecule has 0 radical (unpaired) electrons. The molecule has 18 heavy (non-hydrogen) atoms. The fourth-order valence-electron chi connectivity index (χ4n) is 3.15. The van der Waals surface area contributed by atoms with Gasteiger partial charge in [0, 0.05) is 16.5 Å². The van der Waals surface area contributed by atoms with Gasteiger partial charge in [-0.25, -0.2) is 4.79 Å². The third-order valence-electron chi connectivity index (χ3n) is 3.96. The summed E-state index contributed by atoms with van der Waals surface area (Å²) in [4.78, 5) is 11.8. The second-order valence-corrected chi connectivity index (χ2v) is 5.84. The lowest BCUT2D eigenvalue weighted by Gasteiger charge is -2.11. The largest absolute Gasteiger partial charge is 0.488 e. The number of rotatable bonds is 1. The molecule has 94 valence electrons. The molecule has 2 heterocycles. The number of benzene rings is 1. The van der Waals surface area contributed by atoms with Crippen molar-refractivity contribution in [2.24, 2.45) is 0 Å². The molecule has 1 aliphatic carbocycles. The van der Waals surface area contributed by atoms with Gasteiger partial charge in [0.25, 0.3) is 0 Å². The highest BCUT2D eigenvalue weighted by atomic mass is 79.9. The summed E-state index contributed by atoms with van der Waals surface area (Å²) in [6.45, 7) is 0. The lowest BCUT2D eigenvalue weighted by Crippen LogP contribution is -2.17. The van der Waals surface area contributed by atoms with E-state index in [9.17, 15) is 4.79 Å². The Balaban J connectivity index is 1.85. The van der Waals surface area contributed by atoms with E-state index in [1.165, 1.54) is 7.11 Å². The predicted octanol–water partition coefficient (Wildman–Crippen LogP) is 2.25. The van der Waals surface area contributed by atoms with Crippen LogP contribution in [-0.2, 0) is 9.47 Å². The Bertz CT molecular complexity index is 556. The monoisotopic (exact) mass is 310 g/mol. The lowest BCUT2D eigenvalue weighted by atomic mass is 9.95. The number of halogens is 1. The molecule has 4 rings (SSSR count). The number of fused-ring (bicyclic) bond motifs is 5. The zero-order chi connectivity index (χ0) is 12.4. The minimum absolute atomic E-state index is 0.154. The highest BCUT2D eigenvalue weighted by molar-refractivity contribution is 9.10. The summed E-state index contributed by atoms with van der Waals surface area (Å²) in [5.41, 5.74) is 1.56. The molecule has 2 fully saturated rings. The van der Waals surface area contributed by atoms with E-state index in [2.05, 4.69) is 15.9 Å². The predicted molar refractivity (Wildman–Crippen MR) is 65.9 cm³/mol. The first-order valence-corrected chi connectivity index (χ1v) is 6.72. The minimum Gasteiger partial charge on any atom is -0.488 e. The highest BCUT2D eigenvalue weighted by Crippen LogP contribution is 2.56. The van der Waals surface area contributed by atoms with E-state index in [0.29, 0.717) is 17.4 Å². The average molecular weight is 311 g/mol. The van der Waals surface area contributed by atoms with Crippen LogP contribution in [-0.4, -0.2) is 31.4 Å². The maximum atomic E-state index is 11.8. The van der Waals surface area contributed by atoms with Crippen molar-refractivity contribution in [3.63, 3.8) is 0 Å². The maximum absolute atomic E-state index is 11.8. The van der Waals surface area contributed by atoms with Gasteiger partial charge in [0.2, 0.25) is 0 Å². The molecule has 1 aromatic carbocycles. The fraction of sp³-hybridized carbons (Fsp3) is 0.462. The van der Waals surface area contributed by atoms with Crippen LogP contribution in [0.4, 0.5) is 0 Å². The summed E-state index contributed by atoms with van der Waals surface area (Å²) < 4.78 is 17.2. The second kappa shape index (κ2) is 3.48. The van der Waals surface area contributed by atoms with E-state index >= 15 is 0 Å². The molecule has 5 heteroatoms. The lowest BCUT2D eigenvalue weighted by molar-refractivity contribution is 0.0594. The number of hydrogen-bond donors (Lipinski definition) is 0. The summed E-state index contributed by atoms with van der Waals surface area (Å²) in [6.07, 6.45) is 1.70. The fourth-order valence-corrected chi connectivity index (χ4v) is 3.63. The first kappa shape index (κ1) is 10.8. The first-order valence-electron chi connectivity index (χ1n) is 5.93. The molecular weight excluding hydrogens is 300 g/mol. The number of carbonyl (C=O) groups is 1. The van der Waals surface area contributed by atoms with Gasteiger partial charge in [-0.15, -0.1) is 0 Å². The van der Waals surface area contributed by atoms with E-state index in [1.54, 1.807) is 6.07 Å². The molecule has 0 spiro atoms. The van der Waals surface area contributed by atoms with Crippen molar-refractivity contribution in [2.45, 2.75) is 30.7 Å². The van der Waals surface area contributed by atoms with Crippen LogP contribution < -0.4 is 4.74 Å². The second-order valence-electron chi connectivity index (χ2n) is 4.92. The van der Waals surface area contributed by atoms with Gasteiger partial charge in [-0.3, -0.25) is 0 Å². The Labute approximate surface area is 112 Å². The van der Waals surface area contributed by atoms with Crippen LogP contribution in [0.25, 0.3) is 0 Å². The van der Waals surface area contributed by atoms with Gasteiger partial charge in [-0.2, -0.15) is 0 Å². The summed E-state index contributed by atoms with van der Waals surface area (Å²) in [5.74, 6) is 0.584. The minimum atomic E-state index is -0.360. The molecule has 0 unspecified atom stereocenters. The van der Waals surface area contributed by atoms with Gasteiger partial charge in [0.15, 0.2) is 0 Å². The van der Waals surface area contributed by atoms with Crippen LogP contribution in [0.5, 0.6) is 5.75 Å². The molecule has 0 aromatic heterocycles. The van der Waals surface area contributed by atoms with Crippen LogP contribution in [0.1, 0.15) is 28.3 Å². The van der Waals surface area contributed by atoms with Crippen molar-refractivity contribution in [3.05, 3.63) is 27.7 Å². The van der Waals surface area contributed by atoms with Crippen molar-refractivity contribution in [1.29, 1.82) is 0 Å². The SMILES string of the molecule is COC(=O)c1cc(Br)cc2c1O[C@H]1C[C@H]3O[C@H]3[C@H]21. The summed E-state index contributed by atoms with van der Waals surface area (Å²) in [7, 11) is 1.38. The van der Waals surface area contributed by atoms with E-state index in [1.807, 2.05) is 6.07 Å². The number of carbonyl (C=O) groups excluding carboxylic acids is 1. The van der Waals surface area contributed by atoms with Gasteiger partial charge in [0.1, 0.15) is 17.4 Å². The van der Waals surface area contributed by atoms with Gasteiger partial charge in [0.05, 0.1) is 25.2 Å². The quantitative estimate of drug-likeness (QED) is 0.589. The van der Waals surface area contributed by atoms with Crippen LogP contribution in [0.15, 0.2) is 16.6 Å². The number of hydrogen-bond acceptors (Lipinski definition) is 4. The number of methoxy groups -OCH3 is 1. The Morgan fingerprint density at radius 1 is 1.44 bits per heavy atom. The standard InChI is InChI=1S/C13H11BrO4/c1-16-13(15)7-3-5(14)2-6-10-8(17-11(6)7)4-9-12(10)18-9/h2-3,8-10,12H,4H2,1H3/t8-,9+,10+,12+/m0/s1. The summed E-state index contributed by atoms with van der Waals surface area (Å²) in [6, 6.07) is 3.77. The van der Waals surface area contributed by atoms with Crippen LogP contribution in [0.2, 0.25) is 0 Å². The summed E-state index contributed by atoms with van der Waals surface area (Å²) >= 11 is 3.44. The molecule has 4 nitrogen and oxygen atoms in total. The van der Waals surface area contributed by atoms with Crippen molar-refractivity contribution >= 4 is 21.9 Å². The molecule has 1 saturated heterocycles. The molecule has 1 saturated carbocycles. The topological polar surface area (TPSA) is 48.1 Å². The Morgan fingerprint density at radius 3 is 3.06 bits per heavy atom. The number of ether oxygens (including phenoxy) is 3. The number of epoxide rings is 1. The molecule has 4 atom stereocenters. The third kappa shape index (κ3) is 1.32. The van der Waals surface area contributed by atoms with E-state index in [-0.39, 0.29) is 24.1 Å². The highest BCUT2D eigenvalue weighted by Gasteiger charge is 2.60. The molecule has 3 aliphatic rings. The third-order valence-corrected chi connectivity index (χ3v) is 4.41. The zero-order valence-corrected chi connectivity index (χ0v) is 11.3. The number of esters is 1. The van der Waals surface area contributed by atoms with Crippen LogP contribution in [0.3, 0.4) is 0 Å². The molecular formula is C13H11BrO4. The van der Waals surface area contributed by atoms with Crippen molar-refractivity contribution < 1.29 is 19.0 Å². The van der Waals surface area contributed by atoms with Crippen molar-refractivity contribution in [2.75, 3.05) is 7.11 Å². The Hall–Kier alpha value is -1.07. The van der Waals surface area contributed by atoms with E-state index < -0.39 is 0 Å². The normalized spacial score (nSPS) is 34.3. The molecule has 0 amide bonds. The molecule has 1 aromatic rings. The van der Waals surface area contributed by atoms with Gasteiger partial charge in [-0.05, 0) is 12.1 Å². The van der Waals surface area contributed by atoms with Crippen molar-refractivity contribution in [1.82, 2.24) is 0 Å². The van der Waals surface area contributed by atoms with Crippen LogP contribution in [0, 0.1) is 0 Å². The molecule has 2 aliphatic heterocycles. The van der Waals surface area contributed by atoms with Gasteiger partial charge >= 0.3 is 5.97 Å². The Morgan fingerprint density at radius 2 is 2.28 bits per heavy atom. The summed E-state index contributed by atoms with van der Waals surface area (Å²) in [5, 5.41) is 0. The van der Waals surface area contributed by atoms with Gasteiger partial charge < -0.3 is 14.2 Å². The Kier molecular flexibility index (Phi) is 2.09. The van der Waals surface area contributed by atoms with Crippen molar-refractivity contribution in [3.8, 4) is 5.75 Å². The average Bonchev–Trinajstić information content (AvgIpc) is 2.87.